The molecule has 8 aromatic carbocycles. The van der Waals surface area contributed by atoms with Crippen molar-refractivity contribution < 1.29 is 82.6 Å². The fourth-order valence-electron chi connectivity index (χ4n) is 16.0. The maximum absolute atomic E-state index is 15.3. The van der Waals surface area contributed by atoms with Crippen molar-refractivity contribution in [2.45, 2.75) is 0 Å². The molecule has 4 aliphatic rings. The molecule has 8 aromatic heterocycles. The molecule has 742 valence electrons. The summed E-state index contributed by atoms with van der Waals surface area (Å²) in [5.74, 6) is 0.0299. The summed E-state index contributed by atoms with van der Waals surface area (Å²) in [6, 6.07) is 47.7. The number of hydrogen-bond acceptors (Lipinski definition) is 40. The van der Waals surface area contributed by atoms with Crippen molar-refractivity contribution in [3.63, 3.8) is 0 Å². The third kappa shape index (κ3) is 24.3. The molecule has 4 aliphatic heterocycles. The zero-order valence-electron chi connectivity index (χ0n) is 78.1. The van der Waals surface area contributed by atoms with Crippen LogP contribution in [-0.2, 0) is 0 Å². The van der Waals surface area contributed by atoms with E-state index in [1.54, 1.807) is 66.9 Å². The van der Waals surface area contributed by atoms with Crippen LogP contribution in [0.2, 0.25) is 0 Å². The zero-order chi connectivity index (χ0) is 102. The number of anilines is 12. The number of phenolic OH excluding ortho intramolecular Hbond substituents is 8. The molecule has 12 heterocycles. The number of aromatic nitrogens is 8. The summed E-state index contributed by atoms with van der Waals surface area (Å²) < 4.78 is 36.0. The Morgan fingerprint density at radius 2 is 0.600 bits per heavy atom. The number of furan rings is 4. The second-order valence-corrected chi connectivity index (χ2v) is 34.2. The monoisotopic (exact) mass is 1970 g/mol. The second kappa shape index (κ2) is 43.4. The van der Waals surface area contributed by atoms with E-state index in [-0.39, 0.29) is 86.9 Å². The van der Waals surface area contributed by atoms with Gasteiger partial charge in [-0.05, 0) is 210 Å². The highest BCUT2D eigenvalue weighted by Crippen LogP contribution is 2.41. The van der Waals surface area contributed by atoms with Gasteiger partial charge in [-0.1, -0.05) is 0 Å². The lowest BCUT2D eigenvalue weighted by molar-refractivity contribution is -0.402. The fourth-order valence-corrected chi connectivity index (χ4v) is 16.0. The number of nitrogens with zero attached hydrogens (tertiary/aromatic N) is 20. The van der Waals surface area contributed by atoms with Gasteiger partial charge in [0.2, 0.25) is 0 Å². The van der Waals surface area contributed by atoms with Crippen molar-refractivity contribution in [2.75, 3.05) is 174 Å². The van der Waals surface area contributed by atoms with Gasteiger partial charge >= 0.3 is 23.5 Å². The van der Waals surface area contributed by atoms with Crippen molar-refractivity contribution in [2.24, 2.45) is 0 Å². The smallest absolute Gasteiger partial charge is 0.433 e. The minimum atomic E-state index is -0.632. The van der Waals surface area contributed by atoms with Gasteiger partial charge in [-0.2, -0.15) is 0 Å². The highest BCUT2D eigenvalue weighted by molar-refractivity contribution is 5.99. The molecule has 0 atom stereocenters. The van der Waals surface area contributed by atoms with Gasteiger partial charge in [0.25, 0.3) is 0 Å². The third-order valence-corrected chi connectivity index (χ3v) is 24.1. The molecule has 4 saturated heterocycles. The lowest BCUT2D eigenvalue weighted by Crippen LogP contribution is -2.44. The first-order chi connectivity index (χ1) is 69.8. The van der Waals surface area contributed by atoms with Gasteiger partial charge in [0.15, 0.2) is 69.3 Å². The number of hydrogen-bond donors (Lipinski definition) is 12. The molecule has 0 saturated carbocycles. The van der Waals surface area contributed by atoms with E-state index >= 15 is 4.39 Å². The Bertz CT molecular complexity index is 7450. The molecule has 0 bridgehead atoms. The number of benzene rings is 8. The predicted octanol–water partition coefficient (Wildman–Crippen LogP) is 17.0. The minimum Gasteiger partial charge on any atom is -0.504 e. The van der Waals surface area contributed by atoms with Crippen molar-refractivity contribution in [3.05, 3.63) is 281 Å². The number of rotatable bonds is 24. The Morgan fingerprint density at radius 3 is 0.938 bits per heavy atom. The summed E-state index contributed by atoms with van der Waals surface area (Å²) in [7, 11) is 8.33. The molecule has 16 aromatic rings. The molecule has 4 fully saturated rings. The van der Waals surface area contributed by atoms with Crippen LogP contribution in [-0.4, -0.2) is 253 Å². The average molecular weight is 1970 g/mol. The number of piperazine rings is 4. The third-order valence-electron chi connectivity index (χ3n) is 24.1. The highest BCUT2D eigenvalue weighted by atomic mass is 19.1. The zero-order valence-corrected chi connectivity index (χ0v) is 78.1. The Balaban J connectivity index is 0.000000132. The van der Waals surface area contributed by atoms with E-state index in [0.29, 0.717) is 115 Å². The molecule has 0 amide bonds. The van der Waals surface area contributed by atoms with Crippen molar-refractivity contribution in [1.82, 2.24) is 59.5 Å². The minimum absolute atomic E-state index is 0.196. The van der Waals surface area contributed by atoms with Crippen LogP contribution in [0, 0.1) is 46.3 Å². The van der Waals surface area contributed by atoms with Crippen LogP contribution in [0.15, 0.2) is 206 Å². The first kappa shape index (κ1) is 98.0. The fraction of sp³-hybridized carbons (Fsp3) is 0.200. The summed E-state index contributed by atoms with van der Waals surface area (Å²) in [5, 5.41) is 137. The van der Waals surface area contributed by atoms with E-state index in [0.717, 1.165) is 131 Å². The Morgan fingerprint density at radius 1 is 0.297 bits per heavy atom. The number of nitrogens with one attached hydrogen (secondary N) is 4. The summed E-state index contributed by atoms with van der Waals surface area (Å²) in [6.45, 7) is 14.1. The quantitative estimate of drug-likeness (QED) is 0.0116. The van der Waals surface area contributed by atoms with Crippen LogP contribution in [0.25, 0.3) is 92.2 Å². The summed E-state index contributed by atoms with van der Waals surface area (Å²) in [4.78, 5) is 95.7. The predicted molar refractivity (Wildman–Crippen MR) is 546 cm³/mol. The van der Waals surface area contributed by atoms with E-state index in [1.165, 1.54) is 121 Å². The molecular formula is C100H95FN24O20. The molecule has 12 N–H and O–H groups in total. The molecular weight excluding hydrogens is 1880 g/mol. The van der Waals surface area contributed by atoms with Crippen LogP contribution in [0.4, 0.5) is 96.6 Å². The molecule has 0 aliphatic carbocycles. The second-order valence-electron chi connectivity index (χ2n) is 34.2. The van der Waals surface area contributed by atoms with Gasteiger partial charge in [-0.3, -0.25) is 40.5 Å². The molecule has 0 unspecified atom stereocenters. The molecule has 0 radical (unpaired) electrons. The lowest BCUT2D eigenvalue weighted by atomic mass is 10.1. The molecule has 20 rings (SSSR count). The number of fused-ring (bicyclic) bond motifs is 4. The number of halogens is 1. The first-order valence-electron chi connectivity index (χ1n) is 45.4. The van der Waals surface area contributed by atoms with Crippen molar-refractivity contribution in [1.29, 1.82) is 0 Å². The van der Waals surface area contributed by atoms with Crippen molar-refractivity contribution >= 4 is 184 Å². The average Bonchev–Trinajstić information content (AvgIpc) is 1.75. The lowest BCUT2D eigenvalue weighted by Gasteiger charge is -2.34. The largest absolute Gasteiger partial charge is 0.504 e. The highest BCUT2D eigenvalue weighted by Gasteiger charge is 2.27. The number of aromatic hydroxyl groups is 8. The number of nitro groups is 4. The van der Waals surface area contributed by atoms with E-state index in [2.05, 4.69) is 112 Å². The number of likely N-dealkylation sites (N-methyl/N-ethyl adjacent to an activating group) is 4. The summed E-state index contributed by atoms with van der Waals surface area (Å²) in [5.41, 5.74) is 8.95. The Labute approximate surface area is 823 Å². The van der Waals surface area contributed by atoms with Crippen LogP contribution < -0.4 is 40.9 Å². The number of phenols is 8. The maximum atomic E-state index is 15.3. The standard InChI is InChI=1S/C25H23FN6O5.3C25H24N6O5/c1-30-8-10-31(11-9-30)20-14-19-17(13-18(20)26)25(27-15-2-5-21(33)22(34)12-15)29-23(28-19)6-3-16-4-7-24(37-16)32(35)36;2*1-29-10-12-30(13-11-29)17-3-6-20-19(15-17)25(26-16-2-7-21(32)22(33)14-16)28-23(27-20)8-4-18-5-9-24(36-18)31(34)35;1-29-8-10-30(11-9-29)17-13-20(27-16-2-5-22(32)23(33)12-16)19-15-26-24(28-21(19)14-17)6-3-18-4-7-25(36-18)31(34)35/h2-7,12-14,33-34H,8-11H2,1H3,(H,27,28,29);2*2-9,14-15,32-33H,10-13H2,1H3,(H,26,27,28);2-7,12-15,27,32-33H,8-11H2,1H3/b6-3+;2*8-4+;6-3+. The van der Waals surface area contributed by atoms with Crippen LogP contribution >= 0.6 is 0 Å². The first-order valence-corrected chi connectivity index (χ1v) is 45.4. The van der Waals surface area contributed by atoms with Gasteiger partial charge in [0.05, 0.1) is 57.7 Å². The molecule has 0 spiro atoms. The van der Waals surface area contributed by atoms with Gasteiger partial charge in [-0.15, -0.1) is 0 Å². The van der Waals surface area contributed by atoms with E-state index in [9.17, 15) is 81.3 Å². The van der Waals surface area contributed by atoms with E-state index in [4.69, 9.17) is 22.7 Å². The summed E-state index contributed by atoms with van der Waals surface area (Å²) >= 11 is 0. The van der Waals surface area contributed by atoms with Gasteiger partial charge < -0.3 is 119 Å². The van der Waals surface area contributed by atoms with Crippen LogP contribution in [0.3, 0.4) is 0 Å². The van der Waals surface area contributed by atoms with Gasteiger partial charge in [0.1, 0.15) is 66.0 Å². The molecule has 44 nitrogen and oxygen atoms in total. The van der Waals surface area contributed by atoms with Crippen LogP contribution in [0.5, 0.6) is 46.0 Å². The topological polar surface area (TPSA) is 564 Å². The van der Waals surface area contributed by atoms with Crippen molar-refractivity contribution in [3.8, 4) is 46.0 Å². The van der Waals surface area contributed by atoms with E-state index < -0.39 is 25.5 Å². The Kier molecular flexibility index (Phi) is 29.3. The van der Waals surface area contributed by atoms with Crippen LogP contribution in [0.1, 0.15) is 46.3 Å². The molecule has 45 heteroatoms. The van der Waals surface area contributed by atoms with Gasteiger partial charge in [-0.25, -0.2) is 44.3 Å². The van der Waals surface area contributed by atoms with Gasteiger partial charge in [0, 0.05) is 197 Å². The summed E-state index contributed by atoms with van der Waals surface area (Å²) in [6.07, 6.45) is 14.3. The molecule has 145 heavy (non-hydrogen) atoms. The normalized spacial score (nSPS) is 14.5. The Hall–Kier alpha value is -18.6. The van der Waals surface area contributed by atoms with E-state index in [1.807, 2.05) is 60.5 Å². The maximum Gasteiger partial charge on any atom is 0.433 e. The SMILES string of the molecule is CN1CCN(c2cc(Nc3ccc(O)c(O)c3)c3cnc(/C=C/c4ccc([N+](=O)[O-])o4)nc3c2)CC1.CN1CCN(c2cc3nc(/C=C/c4ccc([N+](=O)[O-])o4)nc(Nc4ccc(O)c(O)c4)c3cc2F)CC1.CN1CCN(c2ccc3nc(/C=C/c4ccc([N+](=O)[O-])o4)nc(Nc4ccc(O)c(O)c4)c3c2)CC1.CN1CCN(c2ccc3nc(/C=C/c4ccc([N+](=O)[O-])o4)nc(Nc4ccc(O)c(O)c4)c3c2)CC1.